The number of carbonyl (C=O) groups excluding carboxylic acids is 2. The zero-order valence-corrected chi connectivity index (χ0v) is 18.0. The Morgan fingerprint density at radius 3 is 2.26 bits per heavy atom. The number of ether oxygens (including phenoxy) is 1. The second-order valence-corrected chi connectivity index (χ2v) is 13.3. The van der Waals surface area contributed by atoms with E-state index >= 15 is 0 Å². The summed E-state index contributed by atoms with van der Waals surface area (Å²) in [6.07, 6.45) is 3.04. The molecule has 2 aromatic carbocycles. The van der Waals surface area contributed by atoms with Crippen LogP contribution in [-0.2, 0) is 4.79 Å². The molecule has 0 unspecified atom stereocenters. The summed E-state index contributed by atoms with van der Waals surface area (Å²) < 4.78 is 12.2. The van der Waals surface area contributed by atoms with E-state index in [-0.39, 0.29) is 5.04 Å². The molecule has 1 aliphatic carbocycles. The van der Waals surface area contributed by atoms with Gasteiger partial charge in [0.2, 0.25) is 11.6 Å². The molecule has 0 amide bonds. The summed E-state index contributed by atoms with van der Waals surface area (Å²) in [6.45, 7) is 13.0. The predicted octanol–water partition coefficient (Wildman–Crippen LogP) is 5.32. The number of rotatable bonds is 3. The van der Waals surface area contributed by atoms with Crippen LogP contribution < -0.4 is 9.16 Å². The van der Waals surface area contributed by atoms with E-state index in [4.69, 9.17) is 9.16 Å². The molecule has 0 radical (unpaired) electrons. The maximum absolute atomic E-state index is 12.2. The number of allylic oxidation sites excluding steroid dienone is 1. The third kappa shape index (κ3) is 3.21. The molecule has 5 heteroatoms. The summed E-state index contributed by atoms with van der Waals surface area (Å²) in [5.41, 5.74) is 2.18. The van der Waals surface area contributed by atoms with Gasteiger partial charge in [-0.15, -0.1) is 0 Å². The molecule has 0 aromatic heterocycles. The highest BCUT2D eigenvalue weighted by atomic mass is 28.4. The van der Waals surface area contributed by atoms with Crippen LogP contribution in [0.4, 0.5) is 0 Å². The summed E-state index contributed by atoms with van der Waals surface area (Å²) in [5, 5.41) is 1.92. The minimum absolute atomic E-state index is 0.0603. The third-order valence-electron chi connectivity index (χ3n) is 5.74. The summed E-state index contributed by atoms with van der Waals surface area (Å²) in [4.78, 5) is 23.9. The number of aryl methyl sites for hydroxylation is 1. The first-order valence-corrected chi connectivity index (χ1v) is 12.0. The fourth-order valence-corrected chi connectivity index (χ4v) is 4.06. The molecule has 1 aliphatic rings. The van der Waals surface area contributed by atoms with Gasteiger partial charge in [0.15, 0.2) is 5.75 Å². The highest BCUT2D eigenvalue weighted by Crippen LogP contribution is 2.44. The Labute approximate surface area is 161 Å². The lowest BCUT2D eigenvalue weighted by atomic mass is 9.90. The maximum atomic E-state index is 12.2. The number of ketones is 2. The second-order valence-electron chi connectivity index (χ2n) is 8.58. The molecule has 0 saturated carbocycles. The Hall–Kier alpha value is -2.40. The molecule has 27 heavy (non-hydrogen) atoms. The molecule has 0 atom stereocenters. The van der Waals surface area contributed by atoms with Gasteiger partial charge in [0.25, 0.3) is 8.32 Å². The van der Waals surface area contributed by atoms with Gasteiger partial charge < -0.3 is 9.16 Å². The number of fused-ring (bicyclic) bond motifs is 2. The van der Waals surface area contributed by atoms with Gasteiger partial charge in [0, 0.05) is 11.1 Å². The van der Waals surface area contributed by atoms with Crippen molar-refractivity contribution < 1.29 is 18.8 Å². The van der Waals surface area contributed by atoms with E-state index in [1.165, 1.54) is 6.08 Å². The molecule has 0 fully saturated rings. The normalized spacial score (nSPS) is 14.5. The molecule has 4 nitrogen and oxygen atoms in total. The number of Topliss-reactive ketones (excluding diaryl/α,β-unsaturated/α-hetero) is 1. The van der Waals surface area contributed by atoms with Crippen LogP contribution in [0, 0.1) is 6.92 Å². The zero-order chi connectivity index (χ0) is 20.1. The lowest BCUT2D eigenvalue weighted by molar-refractivity contribution is -0.110. The van der Waals surface area contributed by atoms with Crippen molar-refractivity contribution in [2.24, 2.45) is 0 Å². The predicted molar refractivity (Wildman–Crippen MR) is 111 cm³/mol. The van der Waals surface area contributed by atoms with Gasteiger partial charge in [-0.1, -0.05) is 26.8 Å². The first-order valence-electron chi connectivity index (χ1n) is 9.07. The van der Waals surface area contributed by atoms with Crippen LogP contribution in [0.5, 0.6) is 11.5 Å². The Bertz CT molecular complexity index is 994. The Morgan fingerprint density at radius 1 is 1.00 bits per heavy atom. The third-order valence-corrected chi connectivity index (χ3v) is 10.1. The lowest BCUT2D eigenvalue weighted by Gasteiger charge is -2.37. The summed E-state index contributed by atoms with van der Waals surface area (Å²) in [7, 11) is -0.434. The average Bonchev–Trinajstić information content (AvgIpc) is 2.58. The van der Waals surface area contributed by atoms with Crippen LogP contribution in [0.1, 0.15) is 42.3 Å². The standard InChI is InChI=1S/C22H26O4Si/c1-13-16-10-14-8-9-18(23)20(24)17(14)11-15(16)12-19(25-5)21(13)26-27(6,7)22(2,3)4/h8-12H,1-7H3. The quantitative estimate of drug-likeness (QED) is 0.532. The first kappa shape index (κ1) is 19.4. The Kier molecular flexibility index (Phi) is 4.55. The molecule has 0 bridgehead atoms. The van der Waals surface area contributed by atoms with Crippen LogP contribution in [-0.4, -0.2) is 27.0 Å². The van der Waals surface area contributed by atoms with Crippen LogP contribution in [0.3, 0.4) is 0 Å². The fourth-order valence-electron chi connectivity index (χ4n) is 2.99. The van der Waals surface area contributed by atoms with Crippen molar-refractivity contribution in [3.05, 3.63) is 41.0 Å². The van der Waals surface area contributed by atoms with Crippen molar-refractivity contribution in [1.82, 2.24) is 0 Å². The van der Waals surface area contributed by atoms with Crippen molar-refractivity contribution >= 4 is 36.7 Å². The van der Waals surface area contributed by atoms with Crippen molar-refractivity contribution in [2.45, 2.75) is 45.8 Å². The molecule has 0 spiro atoms. The van der Waals surface area contributed by atoms with Crippen LogP contribution in [0.25, 0.3) is 16.8 Å². The number of benzene rings is 2. The summed E-state index contributed by atoms with van der Waals surface area (Å²) in [5.74, 6) is 0.463. The van der Waals surface area contributed by atoms with Gasteiger partial charge in [-0.25, -0.2) is 0 Å². The summed E-state index contributed by atoms with van der Waals surface area (Å²) in [6, 6.07) is 5.62. The number of carbonyl (C=O) groups is 2. The lowest BCUT2D eigenvalue weighted by Crippen LogP contribution is -2.44. The van der Waals surface area contributed by atoms with E-state index in [1.807, 2.05) is 19.1 Å². The second kappa shape index (κ2) is 6.34. The van der Waals surface area contributed by atoms with Crippen molar-refractivity contribution in [3.8, 4) is 11.5 Å². The smallest absolute Gasteiger partial charge is 0.250 e. The van der Waals surface area contributed by atoms with Crippen molar-refractivity contribution in [1.29, 1.82) is 0 Å². The molecular weight excluding hydrogens is 356 g/mol. The first-order chi connectivity index (χ1) is 12.5. The van der Waals surface area contributed by atoms with Crippen LogP contribution in [0.15, 0.2) is 24.3 Å². The number of hydrogen-bond donors (Lipinski definition) is 0. The molecule has 2 aromatic rings. The van der Waals surface area contributed by atoms with Crippen molar-refractivity contribution in [2.75, 3.05) is 7.11 Å². The Balaban J connectivity index is 2.23. The van der Waals surface area contributed by atoms with Crippen LogP contribution >= 0.6 is 0 Å². The van der Waals surface area contributed by atoms with E-state index in [0.717, 1.165) is 27.6 Å². The van der Waals surface area contributed by atoms with Gasteiger partial charge in [-0.3, -0.25) is 9.59 Å². The zero-order valence-electron chi connectivity index (χ0n) is 17.0. The molecule has 3 rings (SSSR count). The van der Waals surface area contributed by atoms with Gasteiger partial charge in [0.1, 0.15) is 5.75 Å². The van der Waals surface area contributed by atoms with E-state index in [9.17, 15) is 9.59 Å². The molecule has 0 N–H and O–H groups in total. The average molecular weight is 383 g/mol. The maximum Gasteiger partial charge on any atom is 0.250 e. The van der Waals surface area contributed by atoms with Gasteiger partial charge in [0.05, 0.1) is 7.11 Å². The van der Waals surface area contributed by atoms with Gasteiger partial charge in [-0.05, 0) is 65.7 Å². The number of methoxy groups -OCH3 is 1. The van der Waals surface area contributed by atoms with Crippen molar-refractivity contribution in [3.63, 3.8) is 0 Å². The SMILES string of the molecule is COc1cc2cc3c(cc2c(C)c1O[Si](C)(C)C(C)(C)C)C=CC(=O)C3=O. The van der Waals surface area contributed by atoms with E-state index < -0.39 is 19.9 Å². The van der Waals surface area contributed by atoms with Gasteiger partial charge in [-0.2, -0.15) is 0 Å². The van der Waals surface area contributed by atoms with E-state index in [2.05, 4.69) is 33.9 Å². The van der Waals surface area contributed by atoms with Crippen LogP contribution in [0.2, 0.25) is 18.1 Å². The largest absolute Gasteiger partial charge is 0.541 e. The number of hydrogen-bond acceptors (Lipinski definition) is 4. The molecule has 0 saturated heterocycles. The molecule has 0 heterocycles. The Morgan fingerprint density at radius 2 is 1.67 bits per heavy atom. The molecule has 142 valence electrons. The highest BCUT2D eigenvalue weighted by Gasteiger charge is 2.40. The fraction of sp³-hybridized carbons (Fsp3) is 0.364. The minimum atomic E-state index is -2.05. The monoisotopic (exact) mass is 382 g/mol. The minimum Gasteiger partial charge on any atom is -0.541 e. The van der Waals surface area contributed by atoms with E-state index in [0.29, 0.717) is 11.3 Å². The van der Waals surface area contributed by atoms with E-state index in [1.54, 1.807) is 19.3 Å². The summed E-state index contributed by atoms with van der Waals surface area (Å²) >= 11 is 0. The topological polar surface area (TPSA) is 52.6 Å². The highest BCUT2D eigenvalue weighted by molar-refractivity contribution is 6.74. The molecule has 0 aliphatic heterocycles. The molecular formula is C22H26O4Si. The van der Waals surface area contributed by atoms with Gasteiger partial charge >= 0.3 is 0 Å².